The van der Waals surface area contributed by atoms with Crippen LogP contribution in [0.2, 0.25) is 0 Å². The van der Waals surface area contributed by atoms with Crippen LogP contribution in [0.25, 0.3) is 0 Å². The van der Waals surface area contributed by atoms with Gasteiger partial charge in [-0.25, -0.2) is 0 Å². The third-order valence-electron chi connectivity index (χ3n) is 3.24. The molecule has 0 aliphatic rings. The first kappa shape index (κ1) is 17.2. The predicted octanol–water partition coefficient (Wildman–Crippen LogP) is 2.76. The Balaban J connectivity index is 1.97. The van der Waals surface area contributed by atoms with Crippen LogP contribution >= 0.6 is 0 Å². The summed E-state index contributed by atoms with van der Waals surface area (Å²) >= 11 is 0. The van der Waals surface area contributed by atoms with E-state index in [2.05, 4.69) is 19.2 Å². The van der Waals surface area contributed by atoms with Crippen molar-refractivity contribution in [3.63, 3.8) is 0 Å². The van der Waals surface area contributed by atoms with Crippen molar-refractivity contribution < 1.29 is 14.3 Å². The topological polar surface area (TPSA) is 54.6 Å². The van der Waals surface area contributed by atoms with E-state index >= 15 is 0 Å². The maximum atomic E-state index is 9.82. The molecule has 116 valence electrons. The number of hydrogen-bond acceptors (Lipinski definition) is 4. The van der Waals surface area contributed by atoms with Gasteiger partial charge in [0.05, 0.1) is 19.0 Å². The average molecular weight is 283 g/mol. The fraction of sp³-hybridized carbons (Fsp3) is 0.750. The van der Waals surface area contributed by atoms with Gasteiger partial charge in [0.15, 0.2) is 0 Å². The summed E-state index contributed by atoms with van der Waals surface area (Å²) in [7, 11) is 0. The Morgan fingerprint density at radius 3 is 2.90 bits per heavy atom. The molecule has 0 fully saturated rings. The van der Waals surface area contributed by atoms with Crippen LogP contribution in [0.3, 0.4) is 0 Å². The maximum absolute atomic E-state index is 9.82. The quantitative estimate of drug-likeness (QED) is 0.579. The Morgan fingerprint density at radius 1 is 1.35 bits per heavy atom. The molecular formula is C16H29NO3. The van der Waals surface area contributed by atoms with Crippen molar-refractivity contribution in [1.82, 2.24) is 5.32 Å². The lowest BCUT2D eigenvalue weighted by atomic mass is 10.2. The van der Waals surface area contributed by atoms with Crippen LogP contribution in [0.1, 0.15) is 45.3 Å². The number of hydrogen-bond donors (Lipinski definition) is 2. The molecule has 4 heteroatoms. The van der Waals surface area contributed by atoms with Gasteiger partial charge in [0, 0.05) is 25.6 Å². The second-order valence-corrected chi connectivity index (χ2v) is 5.38. The highest BCUT2D eigenvalue weighted by atomic mass is 16.5. The van der Waals surface area contributed by atoms with Gasteiger partial charge in [-0.15, -0.1) is 0 Å². The lowest BCUT2D eigenvalue weighted by Gasteiger charge is -2.16. The zero-order chi connectivity index (χ0) is 14.6. The normalized spacial score (nSPS) is 14.3. The molecule has 0 bridgehead atoms. The molecule has 1 aromatic heterocycles. The average Bonchev–Trinajstić information content (AvgIpc) is 2.93. The number of rotatable bonds is 12. The van der Waals surface area contributed by atoms with E-state index < -0.39 is 6.10 Å². The van der Waals surface area contributed by atoms with Crippen LogP contribution in [0.4, 0.5) is 0 Å². The lowest BCUT2D eigenvalue weighted by molar-refractivity contribution is 0.0343. The SMILES string of the molecule is CCCCCCOCC(O)CNC(C)Cc1ccco1. The Bertz CT molecular complexity index is 314. The number of aliphatic hydroxyl groups is 1. The van der Waals surface area contributed by atoms with Crippen LogP contribution in [0.5, 0.6) is 0 Å². The highest BCUT2D eigenvalue weighted by Crippen LogP contribution is 2.04. The van der Waals surface area contributed by atoms with Gasteiger partial charge in [-0.3, -0.25) is 0 Å². The van der Waals surface area contributed by atoms with Gasteiger partial charge in [0.2, 0.25) is 0 Å². The van der Waals surface area contributed by atoms with E-state index in [4.69, 9.17) is 9.15 Å². The molecule has 1 rings (SSSR count). The van der Waals surface area contributed by atoms with Gasteiger partial charge in [0.1, 0.15) is 5.76 Å². The minimum atomic E-state index is -0.444. The molecule has 0 amide bonds. The zero-order valence-corrected chi connectivity index (χ0v) is 12.8. The number of furan rings is 1. The highest BCUT2D eigenvalue weighted by molar-refractivity contribution is 4.99. The Morgan fingerprint density at radius 2 is 2.20 bits per heavy atom. The Hall–Kier alpha value is -0.840. The maximum Gasteiger partial charge on any atom is 0.105 e. The van der Waals surface area contributed by atoms with Crippen molar-refractivity contribution in [2.75, 3.05) is 19.8 Å². The van der Waals surface area contributed by atoms with Crippen molar-refractivity contribution >= 4 is 0 Å². The number of nitrogens with one attached hydrogen (secondary N) is 1. The molecule has 2 atom stereocenters. The van der Waals surface area contributed by atoms with E-state index in [-0.39, 0.29) is 6.04 Å². The van der Waals surface area contributed by atoms with E-state index in [0.717, 1.165) is 25.2 Å². The molecular weight excluding hydrogens is 254 g/mol. The van der Waals surface area contributed by atoms with Crippen molar-refractivity contribution in [3.8, 4) is 0 Å². The molecule has 2 unspecified atom stereocenters. The fourth-order valence-corrected chi connectivity index (χ4v) is 2.05. The van der Waals surface area contributed by atoms with E-state index in [9.17, 15) is 5.11 Å². The largest absolute Gasteiger partial charge is 0.469 e. The third kappa shape index (κ3) is 8.35. The van der Waals surface area contributed by atoms with Crippen molar-refractivity contribution in [1.29, 1.82) is 0 Å². The molecule has 0 radical (unpaired) electrons. The van der Waals surface area contributed by atoms with Gasteiger partial charge < -0.3 is 19.6 Å². The van der Waals surface area contributed by atoms with Gasteiger partial charge in [-0.1, -0.05) is 26.2 Å². The molecule has 20 heavy (non-hydrogen) atoms. The van der Waals surface area contributed by atoms with E-state index in [1.807, 2.05) is 12.1 Å². The summed E-state index contributed by atoms with van der Waals surface area (Å²) in [6, 6.07) is 4.14. The van der Waals surface area contributed by atoms with Gasteiger partial charge in [-0.2, -0.15) is 0 Å². The monoisotopic (exact) mass is 283 g/mol. The van der Waals surface area contributed by atoms with Crippen molar-refractivity contribution in [2.24, 2.45) is 0 Å². The summed E-state index contributed by atoms with van der Waals surface area (Å²) in [4.78, 5) is 0. The summed E-state index contributed by atoms with van der Waals surface area (Å²) in [5.74, 6) is 0.965. The van der Waals surface area contributed by atoms with Crippen LogP contribution in [0, 0.1) is 0 Å². The Labute approximate surface area is 122 Å². The number of ether oxygens (including phenoxy) is 1. The molecule has 0 aliphatic carbocycles. The van der Waals surface area contributed by atoms with Gasteiger partial charge >= 0.3 is 0 Å². The van der Waals surface area contributed by atoms with Crippen molar-refractivity contribution in [3.05, 3.63) is 24.2 Å². The van der Waals surface area contributed by atoms with Crippen LogP contribution in [-0.4, -0.2) is 37.0 Å². The second-order valence-electron chi connectivity index (χ2n) is 5.38. The second kappa shape index (κ2) is 10.9. The molecule has 2 N–H and O–H groups in total. The first-order valence-corrected chi connectivity index (χ1v) is 7.74. The minimum Gasteiger partial charge on any atom is -0.469 e. The fourth-order valence-electron chi connectivity index (χ4n) is 2.05. The van der Waals surface area contributed by atoms with E-state index in [1.165, 1.54) is 19.3 Å². The first-order valence-electron chi connectivity index (χ1n) is 7.74. The summed E-state index contributed by atoms with van der Waals surface area (Å²) in [5.41, 5.74) is 0. The van der Waals surface area contributed by atoms with Crippen LogP contribution < -0.4 is 5.32 Å². The highest BCUT2D eigenvalue weighted by Gasteiger charge is 2.09. The smallest absolute Gasteiger partial charge is 0.105 e. The molecule has 1 aromatic rings. The van der Waals surface area contributed by atoms with Crippen LogP contribution in [0.15, 0.2) is 22.8 Å². The summed E-state index contributed by atoms with van der Waals surface area (Å²) in [5, 5.41) is 13.1. The van der Waals surface area contributed by atoms with Crippen LogP contribution in [-0.2, 0) is 11.2 Å². The van der Waals surface area contributed by atoms with E-state index in [1.54, 1.807) is 6.26 Å². The summed E-state index contributed by atoms with van der Waals surface area (Å²) in [6.07, 6.45) is 6.87. The predicted molar refractivity (Wildman–Crippen MR) is 80.8 cm³/mol. The summed E-state index contributed by atoms with van der Waals surface area (Å²) < 4.78 is 10.8. The number of unbranched alkanes of at least 4 members (excludes halogenated alkanes) is 3. The molecule has 0 aromatic carbocycles. The summed E-state index contributed by atoms with van der Waals surface area (Å²) in [6.45, 7) is 5.99. The van der Waals surface area contributed by atoms with Gasteiger partial charge in [0.25, 0.3) is 0 Å². The lowest BCUT2D eigenvalue weighted by Crippen LogP contribution is -2.37. The van der Waals surface area contributed by atoms with Gasteiger partial charge in [-0.05, 0) is 25.5 Å². The standard InChI is InChI=1S/C16H29NO3/c1-3-4-5-6-9-19-13-15(18)12-17-14(2)11-16-8-7-10-20-16/h7-8,10,14-15,17-18H,3-6,9,11-13H2,1-2H3. The Kier molecular flexibility index (Phi) is 9.37. The molecule has 4 nitrogen and oxygen atoms in total. The minimum absolute atomic E-state index is 0.278. The molecule has 0 aliphatic heterocycles. The molecule has 0 saturated carbocycles. The third-order valence-corrected chi connectivity index (χ3v) is 3.24. The zero-order valence-electron chi connectivity index (χ0n) is 12.8. The number of aliphatic hydroxyl groups excluding tert-OH is 1. The molecule has 1 heterocycles. The first-order chi connectivity index (χ1) is 9.72. The van der Waals surface area contributed by atoms with E-state index in [0.29, 0.717) is 13.2 Å². The molecule has 0 saturated heterocycles. The molecule has 0 spiro atoms. The van der Waals surface area contributed by atoms with Crippen molar-refractivity contribution in [2.45, 2.75) is 58.1 Å².